The van der Waals surface area contributed by atoms with Crippen molar-refractivity contribution in [1.29, 1.82) is 0 Å². The molecule has 0 saturated carbocycles. The van der Waals surface area contributed by atoms with Crippen molar-refractivity contribution < 1.29 is 9.21 Å². The molecule has 0 spiro atoms. The molecule has 0 atom stereocenters. The number of amides is 1. The largest absolute Gasteiger partial charge is 0.441 e. The zero-order valence-electron chi connectivity index (χ0n) is 15.4. The average molecular weight is 376 g/mol. The number of oxazole rings is 1. The molecule has 1 aromatic carbocycles. The zero-order valence-corrected chi connectivity index (χ0v) is 16.2. The normalized spacial score (nSPS) is 16.0. The van der Waals surface area contributed by atoms with Crippen LogP contribution >= 0.6 is 11.6 Å². The first-order valence-corrected chi connectivity index (χ1v) is 9.67. The number of aromatic nitrogens is 1. The summed E-state index contributed by atoms with van der Waals surface area (Å²) in [5, 5.41) is 3.70. The van der Waals surface area contributed by atoms with Crippen LogP contribution in [0.15, 0.2) is 28.7 Å². The number of benzene rings is 1. The van der Waals surface area contributed by atoms with Crippen LogP contribution in [-0.2, 0) is 11.3 Å². The second-order valence-electron chi connectivity index (χ2n) is 6.87. The number of halogens is 1. The molecule has 2 aromatic rings. The van der Waals surface area contributed by atoms with Crippen molar-refractivity contribution in [2.24, 2.45) is 5.92 Å². The predicted octanol–water partition coefficient (Wildman–Crippen LogP) is 4.04. The summed E-state index contributed by atoms with van der Waals surface area (Å²) in [6.07, 6.45) is 2.78. The van der Waals surface area contributed by atoms with E-state index in [-0.39, 0.29) is 11.8 Å². The summed E-state index contributed by atoms with van der Waals surface area (Å²) in [7, 11) is 0. The Kier molecular flexibility index (Phi) is 6.33. The van der Waals surface area contributed by atoms with Crippen molar-refractivity contribution in [3.05, 3.63) is 40.7 Å². The molecule has 1 fully saturated rings. The maximum atomic E-state index is 12.1. The monoisotopic (exact) mass is 375 g/mol. The highest BCUT2D eigenvalue weighted by molar-refractivity contribution is 6.30. The van der Waals surface area contributed by atoms with Gasteiger partial charge < -0.3 is 9.73 Å². The number of nitrogens with one attached hydrogen (secondary N) is 1. The summed E-state index contributed by atoms with van der Waals surface area (Å²) in [6.45, 7) is 7.37. The van der Waals surface area contributed by atoms with Crippen molar-refractivity contribution in [1.82, 2.24) is 15.2 Å². The van der Waals surface area contributed by atoms with Crippen LogP contribution < -0.4 is 5.32 Å². The molecule has 0 radical (unpaired) electrons. The summed E-state index contributed by atoms with van der Waals surface area (Å²) in [5.74, 6) is 1.82. The summed E-state index contributed by atoms with van der Waals surface area (Å²) < 4.78 is 5.84. The van der Waals surface area contributed by atoms with Gasteiger partial charge in [-0.25, -0.2) is 4.98 Å². The van der Waals surface area contributed by atoms with Gasteiger partial charge in [-0.15, -0.1) is 0 Å². The van der Waals surface area contributed by atoms with Crippen molar-refractivity contribution in [2.75, 3.05) is 19.6 Å². The van der Waals surface area contributed by atoms with Gasteiger partial charge in [-0.2, -0.15) is 0 Å². The quantitative estimate of drug-likeness (QED) is 0.827. The van der Waals surface area contributed by atoms with E-state index in [4.69, 9.17) is 16.0 Å². The first-order valence-electron chi connectivity index (χ1n) is 9.29. The zero-order chi connectivity index (χ0) is 18.5. The van der Waals surface area contributed by atoms with E-state index in [0.29, 0.717) is 10.9 Å². The van der Waals surface area contributed by atoms with Gasteiger partial charge in [0, 0.05) is 29.6 Å². The van der Waals surface area contributed by atoms with Crippen molar-refractivity contribution in [2.45, 2.75) is 39.7 Å². The van der Waals surface area contributed by atoms with Gasteiger partial charge in [-0.05, 0) is 63.5 Å². The van der Waals surface area contributed by atoms with Gasteiger partial charge in [0.15, 0.2) is 0 Å². The molecule has 1 amide bonds. The molecule has 3 rings (SSSR count). The first-order chi connectivity index (χ1) is 12.6. The standard InChI is InChI=1S/C20H26ClN3O2/c1-3-10-22-19(25)15-8-11-24(12-9-15)13-18-14(2)26-20(23-18)16-4-6-17(21)7-5-16/h4-7,15H,3,8-13H2,1-2H3,(H,22,25). The molecular weight excluding hydrogens is 350 g/mol. The fourth-order valence-corrected chi connectivity index (χ4v) is 3.37. The Balaban J connectivity index is 1.57. The molecule has 0 bridgehead atoms. The van der Waals surface area contributed by atoms with E-state index < -0.39 is 0 Å². The molecule has 1 aliphatic rings. The number of hydrogen-bond donors (Lipinski definition) is 1. The summed E-state index contributed by atoms with van der Waals surface area (Å²) in [4.78, 5) is 19.1. The van der Waals surface area contributed by atoms with Crippen molar-refractivity contribution in [3.8, 4) is 11.5 Å². The molecule has 26 heavy (non-hydrogen) atoms. The lowest BCUT2D eigenvalue weighted by molar-refractivity contribution is -0.126. The molecule has 1 aliphatic heterocycles. The summed E-state index contributed by atoms with van der Waals surface area (Å²) >= 11 is 5.94. The van der Waals surface area contributed by atoms with Crippen LogP contribution in [0, 0.1) is 12.8 Å². The first kappa shape index (κ1) is 18.9. The van der Waals surface area contributed by atoms with Crippen LogP contribution in [0.25, 0.3) is 11.5 Å². The number of hydrogen-bond acceptors (Lipinski definition) is 4. The lowest BCUT2D eigenvalue weighted by Crippen LogP contribution is -2.40. The van der Waals surface area contributed by atoms with E-state index in [9.17, 15) is 4.79 Å². The summed E-state index contributed by atoms with van der Waals surface area (Å²) in [6, 6.07) is 7.50. The summed E-state index contributed by atoms with van der Waals surface area (Å²) in [5.41, 5.74) is 1.89. The molecule has 0 aliphatic carbocycles. The second kappa shape index (κ2) is 8.69. The highest BCUT2D eigenvalue weighted by Crippen LogP contribution is 2.25. The predicted molar refractivity (Wildman–Crippen MR) is 103 cm³/mol. The third kappa shape index (κ3) is 4.65. The number of nitrogens with zero attached hydrogens (tertiary/aromatic N) is 2. The van der Waals surface area contributed by atoms with E-state index in [1.165, 1.54) is 0 Å². The van der Waals surface area contributed by atoms with Crippen LogP contribution in [0.5, 0.6) is 0 Å². The molecule has 1 saturated heterocycles. The van der Waals surface area contributed by atoms with E-state index >= 15 is 0 Å². The fraction of sp³-hybridized carbons (Fsp3) is 0.500. The Bertz CT molecular complexity index is 734. The van der Waals surface area contributed by atoms with E-state index in [1.807, 2.05) is 31.2 Å². The molecular formula is C20H26ClN3O2. The lowest BCUT2D eigenvalue weighted by atomic mass is 9.95. The van der Waals surface area contributed by atoms with Gasteiger partial charge in [0.25, 0.3) is 0 Å². The molecule has 1 aromatic heterocycles. The lowest BCUT2D eigenvalue weighted by Gasteiger charge is -2.30. The average Bonchev–Trinajstić information content (AvgIpc) is 3.01. The molecule has 0 unspecified atom stereocenters. The highest BCUT2D eigenvalue weighted by atomic mass is 35.5. The number of aryl methyl sites for hydroxylation is 1. The van der Waals surface area contributed by atoms with Crippen LogP contribution in [0.2, 0.25) is 5.02 Å². The van der Waals surface area contributed by atoms with Crippen LogP contribution in [-0.4, -0.2) is 35.4 Å². The minimum Gasteiger partial charge on any atom is -0.441 e. The van der Waals surface area contributed by atoms with Crippen LogP contribution in [0.4, 0.5) is 0 Å². The van der Waals surface area contributed by atoms with E-state index in [0.717, 1.165) is 62.5 Å². The maximum Gasteiger partial charge on any atom is 0.226 e. The Hall–Kier alpha value is -1.85. The SMILES string of the molecule is CCCNC(=O)C1CCN(Cc2nc(-c3ccc(Cl)cc3)oc2C)CC1. The fourth-order valence-electron chi connectivity index (χ4n) is 3.25. The van der Waals surface area contributed by atoms with Gasteiger partial charge in [0.2, 0.25) is 11.8 Å². The number of likely N-dealkylation sites (tertiary alicyclic amines) is 1. The third-order valence-corrected chi connectivity index (χ3v) is 5.12. The number of rotatable bonds is 6. The van der Waals surface area contributed by atoms with Gasteiger partial charge in [-0.3, -0.25) is 9.69 Å². The Morgan fingerprint density at radius 3 is 2.65 bits per heavy atom. The smallest absolute Gasteiger partial charge is 0.226 e. The molecule has 2 heterocycles. The minimum absolute atomic E-state index is 0.140. The molecule has 1 N–H and O–H groups in total. The molecule has 5 nitrogen and oxygen atoms in total. The highest BCUT2D eigenvalue weighted by Gasteiger charge is 2.25. The third-order valence-electron chi connectivity index (χ3n) is 4.86. The molecule has 6 heteroatoms. The van der Waals surface area contributed by atoms with Crippen LogP contribution in [0.3, 0.4) is 0 Å². The van der Waals surface area contributed by atoms with Crippen molar-refractivity contribution in [3.63, 3.8) is 0 Å². The maximum absolute atomic E-state index is 12.1. The number of piperidine rings is 1. The minimum atomic E-state index is 0.140. The van der Waals surface area contributed by atoms with Crippen LogP contribution in [0.1, 0.15) is 37.6 Å². The second-order valence-corrected chi connectivity index (χ2v) is 7.31. The van der Waals surface area contributed by atoms with Gasteiger partial charge in [0.1, 0.15) is 5.76 Å². The topological polar surface area (TPSA) is 58.4 Å². The Morgan fingerprint density at radius 1 is 1.31 bits per heavy atom. The van der Waals surface area contributed by atoms with Gasteiger partial charge in [-0.1, -0.05) is 18.5 Å². The number of carbonyl (C=O) groups is 1. The van der Waals surface area contributed by atoms with Gasteiger partial charge >= 0.3 is 0 Å². The van der Waals surface area contributed by atoms with E-state index in [1.54, 1.807) is 0 Å². The van der Waals surface area contributed by atoms with Gasteiger partial charge in [0.05, 0.1) is 5.69 Å². The number of carbonyl (C=O) groups excluding carboxylic acids is 1. The molecule has 140 valence electrons. The Morgan fingerprint density at radius 2 is 2.00 bits per heavy atom. The van der Waals surface area contributed by atoms with Crippen molar-refractivity contribution >= 4 is 17.5 Å². The Labute approximate surface area is 159 Å². The van der Waals surface area contributed by atoms with E-state index in [2.05, 4.69) is 22.1 Å².